The van der Waals surface area contributed by atoms with Crippen molar-refractivity contribution in [1.29, 1.82) is 0 Å². The smallest absolute Gasteiger partial charge is 0.269 e. The summed E-state index contributed by atoms with van der Waals surface area (Å²) in [6.07, 6.45) is 3.94. The van der Waals surface area contributed by atoms with Crippen LogP contribution in [0.15, 0.2) is 48.5 Å². The second-order valence-electron chi connectivity index (χ2n) is 10.2. The van der Waals surface area contributed by atoms with Crippen molar-refractivity contribution in [3.8, 4) is 5.75 Å². The number of para-hydroxylation sites is 1. The lowest BCUT2D eigenvalue weighted by atomic mass is 10.1. The molecule has 0 bridgehead atoms. The minimum absolute atomic E-state index is 0.00708. The third-order valence-corrected chi connectivity index (χ3v) is 8.53. The fraction of sp³-hybridized carbons (Fsp3) is 0.414. The van der Waals surface area contributed by atoms with Crippen molar-refractivity contribution >= 4 is 28.5 Å². The van der Waals surface area contributed by atoms with Crippen molar-refractivity contribution in [2.24, 2.45) is 7.05 Å². The van der Waals surface area contributed by atoms with Gasteiger partial charge in [0.05, 0.1) is 29.5 Å². The number of rotatable bonds is 10. The second-order valence-corrected chi connectivity index (χ2v) is 11.6. The summed E-state index contributed by atoms with van der Waals surface area (Å²) in [6.45, 7) is 3.24. The zero-order valence-electron chi connectivity index (χ0n) is 23.2. The molecule has 2 aromatic carbocycles. The van der Waals surface area contributed by atoms with Crippen molar-refractivity contribution in [1.82, 2.24) is 24.3 Å². The minimum atomic E-state index is -1.00. The summed E-state index contributed by atoms with van der Waals surface area (Å²) in [5.74, 6) is 0.986. The predicted molar refractivity (Wildman–Crippen MR) is 155 cm³/mol. The zero-order valence-corrected chi connectivity index (χ0v) is 24.0. The zero-order chi connectivity index (χ0) is 28.2. The maximum absolute atomic E-state index is 12.9. The topological polar surface area (TPSA) is 109 Å². The van der Waals surface area contributed by atoms with Crippen LogP contribution in [0.4, 0.5) is 5.69 Å². The molecule has 1 aliphatic heterocycles. The Bertz CT molecular complexity index is 1390. The Morgan fingerprint density at radius 3 is 2.42 bits per heavy atom. The van der Waals surface area contributed by atoms with Crippen LogP contribution in [0.25, 0.3) is 0 Å². The number of aromatic nitrogens is 2. The van der Waals surface area contributed by atoms with E-state index in [9.17, 15) is 13.8 Å². The number of carbonyl (C=O) groups excluding carboxylic acids is 2. The van der Waals surface area contributed by atoms with Crippen LogP contribution in [0.1, 0.15) is 56.4 Å². The Kier molecular flexibility index (Phi) is 8.51. The van der Waals surface area contributed by atoms with Crippen molar-refractivity contribution in [3.63, 3.8) is 0 Å². The number of carbonyl (C=O) groups is 2. The molecule has 5 rings (SSSR count). The molecule has 10 nitrogen and oxygen atoms in total. The summed E-state index contributed by atoms with van der Waals surface area (Å²) < 4.78 is 20.9. The van der Waals surface area contributed by atoms with Gasteiger partial charge in [-0.15, -0.1) is 0 Å². The number of hydrogen-bond donors (Lipinski definition) is 2. The molecule has 11 heteroatoms. The highest BCUT2D eigenvalue weighted by Gasteiger charge is 2.28. The number of anilines is 1. The third kappa shape index (κ3) is 6.37. The fourth-order valence-electron chi connectivity index (χ4n) is 4.94. The molecule has 40 heavy (non-hydrogen) atoms. The number of nitrogens with one attached hydrogen (secondary N) is 2. The van der Waals surface area contributed by atoms with Gasteiger partial charge in [-0.05, 0) is 42.7 Å². The van der Waals surface area contributed by atoms with Gasteiger partial charge < -0.3 is 20.3 Å². The summed E-state index contributed by atoms with van der Waals surface area (Å²) in [5, 5.41) is 10.9. The second kappa shape index (κ2) is 12.2. The van der Waals surface area contributed by atoms with Crippen LogP contribution in [0.3, 0.4) is 0 Å². The average molecular weight is 565 g/mol. The molecular weight excluding hydrogens is 528 g/mol. The molecule has 1 saturated heterocycles. The van der Waals surface area contributed by atoms with Gasteiger partial charge >= 0.3 is 0 Å². The highest BCUT2D eigenvalue weighted by atomic mass is 32.2. The lowest BCUT2D eigenvalue weighted by Gasteiger charge is -2.33. The molecule has 2 N–H and O–H groups in total. The number of amides is 2. The van der Waals surface area contributed by atoms with E-state index in [0.717, 1.165) is 35.3 Å². The molecule has 2 aliphatic rings. The Labute approximate surface area is 237 Å². The molecule has 1 unspecified atom stereocenters. The first-order chi connectivity index (χ1) is 19.3. The summed E-state index contributed by atoms with van der Waals surface area (Å²) in [6, 6.07) is 15.3. The predicted octanol–water partition coefficient (Wildman–Crippen LogP) is 2.90. The molecule has 1 saturated carbocycles. The van der Waals surface area contributed by atoms with Crippen LogP contribution < -0.4 is 15.4 Å². The number of aryl methyl sites for hydroxylation is 1. The highest BCUT2D eigenvalue weighted by molar-refractivity contribution is 7.81. The minimum Gasteiger partial charge on any atom is -0.494 e. The van der Waals surface area contributed by atoms with Gasteiger partial charge in [-0.2, -0.15) is 5.10 Å². The first-order valence-electron chi connectivity index (χ1n) is 13.5. The van der Waals surface area contributed by atoms with Crippen molar-refractivity contribution in [2.75, 3.05) is 44.9 Å². The normalized spacial score (nSPS) is 16.4. The van der Waals surface area contributed by atoms with Gasteiger partial charge in [0.1, 0.15) is 11.4 Å². The molecule has 0 radical (unpaired) electrons. The molecule has 0 spiro atoms. The molecule has 212 valence electrons. The van der Waals surface area contributed by atoms with E-state index in [0.29, 0.717) is 62.2 Å². The molecule has 2 fully saturated rings. The van der Waals surface area contributed by atoms with E-state index in [1.807, 2.05) is 57.7 Å². The standard InChI is InChI=1S/C29H36N6O4S/c1-33-26(17-25(32-33)21-11-12-21)28(36)31-19-23-5-4-6-24(27(23)39-2)30-18-20-7-9-22(10-8-20)29(37)34-13-15-35(16-14-34)40(3)38/h4-10,17,21,30H,11-16,18-19H2,1-3H3,(H,31,36). The number of hydrogen-bond acceptors (Lipinski definition) is 6. The Morgan fingerprint density at radius 2 is 1.77 bits per heavy atom. The van der Waals surface area contributed by atoms with Gasteiger partial charge in [-0.25, -0.2) is 8.51 Å². The van der Waals surface area contributed by atoms with Crippen LogP contribution in [0.5, 0.6) is 5.75 Å². The molecule has 1 atom stereocenters. The van der Waals surface area contributed by atoms with Crippen LogP contribution in [-0.4, -0.2) is 74.6 Å². The van der Waals surface area contributed by atoms with Gasteiger partial charge in [0.2, 0.25) is 0 Å². The number of benzene rings is 2. The SMILES string of the molecule is COc1c(CNC(=O)c2cc(C3CC3)nn2C)cccc1NCc1ccc(C(=O)N2CCN(S(C)=O)CC2)cc1. The lowest BCUT2D eigenvalue weighted by molar-refractivity contribution is 0.0701. The quantitative estimate of drug-likeness (QED) is 0.392. The van der Waals surface area contributed by atoms with E-state index in [-0.39, 0.29) is 11.8 Å². The van der Waals surface area contributed by atoms with Crippen LogP contribution in [0, 0.1) is 0 Å². The van der Waals surface area contributed by atoms with Crippen LogP contribution >= 0.6 is 0 Å². The number of methoxy groups -OCH3 is 1. The average Bonchev–Trinajstić information content (AvgIpc) is 3.75. The summed E-state index contributed by atoms with van der Waals surface area (Å²) in [7, 11) is 2.41. The van der Waals surface area contributed by atoms with Gasteiger partial charge in [-0.3, -0.25) is 14.3 Å². The van der Waals surface area contributed by atoms with Gasteiger partial charge in [0.25, 0.3) is 11.8 Å². The van der Waals surface area contributed by atoms with Crippen molar-refractivity contribution in [3.05, 3.63) is 76.6 Å². The summed E-state index contributed by atoms with van der Waals surface area (Å²) in [4.78, 5) is 27.6. The van der Waals surface area contributed by atoms with Crippen LogP contribution in [0.2, 0.25) is 0 Å². The Balaban J connectivity index is 1.17. The highest BCUT2D eigenvalue weighted by Crippen LogP contribution is 2.39. The first-order valence-corrected chi connectivity index (χ1v) is 15.0. The lowest BCUT2D eigenvalue weighted by Crippen LogP contribution is -2.48. The maximum Gasteiger partial charge on any atom is 0.269 e. The van der Waals surface area contributed by atoms with E-state index in [1.165, 1.54) is 0 Å². The molecule has 3 aromatic rings. The van der Waals surface area contributed by atoms with Crippen LogP contribution in [-0.2, 0) is 31.1 Å². The van der Waals surface area contributed by atoms with E-state index in [4.69, 9.17) is 4.74 Å². The van der Waals surface area contributed by atoms with Gasteiger partial charge in [-0.1, -0.05) is 24.3 Å². The van der Waals surface area contributed by atoms with E-state index in [1.54, 1.807) is 25.1 Å². The molecule has 2 heterocycles. The molecular formula is C29H36N6O4S. The monoisotopic (exact) mass is 564 g/mol. The third-order valence-electron chi connectivity index (χ3n) is 7.44. The van der Waals surface area contributed by atoms with Crippen molar-refractivity contribution < 1.29 is 18.5 Å². The summed E-state index contributed by atoms with van der Waals surface area (Å²) >= 11 is 0. The molecule has 1 aliphatic carbocycles. The first kappa shape index (κ1) is 27.9. The van der Waals surface area contributed by atoms with E-state index >= 15 is 0 Å². The Morgan fingerprint density at radius 1 is 1.05 bits per heavy atom. The summed E-state index contributed by atoms with van der Waals surface area (Å²) in [5.41, 5.74) is 4.88. The Hall–Kier alpha value is -3.70. The van der Waals surface area contributed by atoms with Gasteiger partial charge in [0.15, 0.2) is 0 Å². The molecule has 1 aromatic heterocycles. The largest absolute Gasteiger partial charge is 0.494 e. The number of piperazine rings is 1. The fourth-order valence-corrected chi connectivity index (χ4v) is 5.62. The van der Waals surface area contributed by atoms with Gasteiger partial charge in [0, 0.05) is 69.6 Å². The van der Waals surface area contributed by atoms with E-state index in [2.05, 4.69) is 15.7 Å². The molecule has 2 amide bonds. The van der Waals surface area contributed by atoms with Crippen molar-refractivity contribution in [2.45, 2.75) is 31.8 Å². The maximum atomic E-state index is 12.9. The number of ether oxygens (including phenoxy) is 1. The van der Waals surface area contributed by atoms with E-state index < -0.39 is 11.0 Å². The number of nitrogens with zero attached hydrogens (tertiary/aromatic N) is 4.